The summed E-state index contributed by atoms with van der Waals surface area (Å²) in [5.41, 5.74) is 1.32. The van der Waals surface area contributed by atoms with Gasteiger partial charge in [0, 0.05) is 15.6 Å². The Labute approximate surface area is 212 Å². The van der Waals surface area contributed by atoms with Crippen molar-refractivity contribution in [1.82, 2.24) is 5.01 Å². The molecule has 34 heavy (non-hydrogen) atoms. The average molecular weight is 520 g/mol. The number of halogens is 3. The largest absolute Gasteiger partial charge is 0.490 e. The Morgan fingerprint density at radius 2 is 1.71 bits per heavy atom. The predicted molar refractivity (Wildman–Crippen MR) is 131 cm³/mol. The summed E-state index contributed by atoms with van der Waals surface area (Å²) in [6, 6.07) is 8.50. The van der Waals surface area contributed by atoms with Gasteiger partial charge in [-0.05, 0) is 55.0 Å². The van der Waals surface area contributed by atoms with Gasteiger partial charge in [0.05, 0.1) is 29.7 Å². The van der Waals surface area contributed by atoms with Gasteiger partial charge in [0.15, 0.2) is 11.5 Å². The van der Waals surface area contributed by atoms with E-state index in [4.69, 9.17) is 44.3 Å². The van der Waals surface area contributed by atoms with Crippen LogP contribution < -0.4 is 9.47 Å². The van der Waals surface area contributed by atoms with E-state index in [0.29, 0.717) is 38.7 Å². The van der Waals surface area contributed by atoms with Crippen LogP contribution in [-0.4, -0.2) is 29.6 Å². The van der Waals surface area contributed by atoms with Crippen LogP contribution in [0.15, 0.2) is 47.6 Å². The van der Waals surface area contributed by atoms with E-state index >= 15 is 0 Å². The van der Waals surface area contributed by atoms with E-state index in [1.165, 1.54) is 6.21 Å². The second kappa shape index (κ2) is 9.25. The van der Waals surface area contributed by atoms with Gasteiger partial charge in [-0.2, -0.15) is 10.1 Å². The zero-order chi connectivity index (χ0) is 24.0. The van der Waals surface area contributed by atoms with Crippen molar-refractivity contribution in [1.29, 1.82) is 0 Å². The minimum Gasteiger partial charge on any atom is -0.490 e. The Balaban J connectivity index is 1.35. The number of allylic oxidation sites excluding steroid dienone is 2. The molecule has 176 valence electrons. The van der Waals surface area contributed by atoms with E-state index < -0.39 is 0 Å². The molecule has 1 saturated carbocycles. The highest BCUT2D eigenvalue weighted by atomic mass is 35.5. The number of hydrogen-bond acceptors (Lipinski definition) is 5. The van der Waals surface area contributed by atoms with Crippen LogP contribution >= 0.6 is 34.8 Å². The number of carbonyl (C=O) groups excluding carboxylic acids is 2. The van der Waals surface area contributed by atoms with Crippen molar-refractivity contribution in [2.24, 2.45) is 28.8 Å². The average Bonchev–Trinajstić information content (AvgIpc) is 3.47. The lowest BCUT2D eigenvalue weighted by atomic mass is 9.85. The van der Waals surface area contributed by atoms with Crippen LogP contribution in [0.3, 0.4) is 0 Å². The lowest BCUT2D eigenvalue weighted by molar-refractivity contribution is -0.140. The van der Waals surface area contributed by atoms with Gasteiger partial charge < -0.3 is 9.47 Å². The number of hydrogen-bond donors (Lipinski definition) is 0. The minimum absolute atomic E-state index is 0.135. The number of ether oxygens (including phenoxy) is 2. The smallest absolute Gasteiger partial charge is 0.254 e. The summed E-state index contributed by atoms with van der Waals surface area (Å²) in [6.07, 6.45) is 6.42. The van der Waals surface area contributed by atoms with Gasteiger partial charge in [0.1, 0.15) is 6.61 Å². The van der Waals surface area contributed by atoms with E-state index in [2.05, 4.69) is 5.10 Å². The third-order valence-electron chi connectivity index (χ3n) is 6.49. The van der Waals surface area contributed by atoms with Crippen molar-refractivity contribution < 1.29 is 19.1 Å². The second-order valence-corrected chi connectivity index (χ2v) is 9.77. The zero-order valence-electron chi connectivity index (χ0n) is 18.2. The first kappa shape index (κ1) is 23.2. The first-order chi connectivity index (χ1) is 16.4. The van der Waals surface area contributed by atoms with Gasteiger partial charge in [-0.3, -0.25) is 9.59 Å². The SMILES string of the molecule is CCOc1cc(C=NN2C(=O)[C@@H]3[C@H](C2=O)[C@H]2C=C[C@H]3C2)cc(Cl)c1OCc1ccc(Cl)cc1Cl. The molecule has 2 aliphatic carbocycles. The Morgan fingerprint density at radius 1 is 1.00 bits per heavy atom. The lowest BCUT2D eigenvalue weighted by Gasteiger charge is -2.15. The van der Waals surface area contributed by atoms with Gasteiger partial charge in [0.2, 0.25) is 0 Å². The number of amides is 2. The van der Waals surface area contributed by atoms with Crippen molar-refractivity contribution in [2.75, 3.05) is 6.61 Å². The molecule has 0 radical (unpaired) electrons. The number of hydrazone groups is 1. The van der Waals surface area contributed by atoms with Gasteiger partial charge in [-0.1, -0.05) is 53.0 Å². The van der Waals surface area contributed by atoms with Gasteiger partial charge in [-0.15, -0.1) is 0 Å². The van der Waals surface area contributed by atoms with Gasteiger partial charge >= 0.3 is 0 Å². The third-order valence-corrected chi connectivity index (χ3v) is 7.36. The molecule has 3 aliphatic rings. The van der Waals surface area contributed by atoms with Crippen molar-refractivity contribution >= 4 is 52.8 Å². The summed E-state index contributed by atoms with van der Waals surface area (Å²) in [5, 5.41) is 6.54. The molecule has 2 bridgehead atoms. The van der Waals surface area contributed by atoms with E-state index in [-0.39, 0.29) is 42.1 Å². The fourth-order valence-electron chi connectivity index (χ4n) is 4.98. The van der Waals surface area contributed by atoms with E-state index in [1.807, 2.05) is 19.1 Å². The molecule has 2 aromatic carbocycles. The molecule has 9 heteroatoms. The van der Waals surface area contributed by atoms with Crippen LogP contribution in [-0.2, 0) is 16.2 Å². The maximum Gasteiger partial charge on any atom is 0.254 e. The molecule has 2 aromatic rings. The Hall–Kier alpha value is -2.54. The Bertz CT molecular complexity index is 1200. The molecular weight excluding hydrogens is 499 g/mol. The molecule has 5 rings (SSSR count). The zero-order valence-corrected chi connectivity index (χ0v) is 20.5. The molecule has 0 spiro atoms. The molecule has 0 N–H and O–H groups in total. The number of nitrogens with zero attached hydrogens (tertiary/aromatic N) is 2. The summed E-state index contributed by atoms with van der Waals surface area (Å²) < 4.78 is 11.6. The van der Waals surface area contributed by atoms with Crippen LogP contribution in [0.5, 0.6) is 11.5 Å². The van der Waals surface area contributed by atoms with Crippen LogP contribution in [0.4, 0.5) is 0 Å². The summed E-state index contributed by atoms with van der Waals surface area (Å²) in [7, 11) is 0. The summed E-state index contributed by atoms with van der Waals surface area (Å²) in [4.78, 5) is 25.7. The van der Waals surface area contributed by atoms with Crippen molar-refractivity contribution in [2.45, 2.75) is 20.0 Å². The van der Waals surface area contributed by atoms with Crippen LogP contribution in [0.2, 0.25) is 15.1 Å². The van der Waals surface area contributed by atoms with Crippen LogP contribution in [0.1, 0.15) is 24.5 Å². The Kier molecular flexibility index (Phi) is 6.32. The molecule has 1 aliphatic heterocycles. The highest BCUT2D eigenvalue weighted by Gasteiger charge is 2.59. The fourth-order valence-corrected chi connectivity index (χ4v) is 5.72. The lowest BCUT2D eigenvalue weighted by Crippen LogP contribution is -2.28. The molecule has 1 heterocycles. The topological polar surface area (TPSA) is 68.2 Å². The number of carbonyl (C=O) groups is 2. The highest BCUT2D eigenvalue weighted by molar-refractivity contribution is 6.35. The van der Waals surface area contributed by atoms with Crippen molar-refractivity contribution in [3.8, 4) is 11.5 Å². The molecule has 4 atom stereocenters. The quantitative estimate of drug-likeness (QED) is 0.265. The molecule has 2 amide bonds. The molecule has 2 fully saturated rings. The van der Waals surface area contributed by atoms with Crippen LogP contribution in [0.25, 0.3) is 0 Å². The maximum absolute atomic E-state index is 12.8. The maximum atomic E-state index is 12.8. The second-order valence-electron chi connectivity index (χ2n) is 8.52. The van der Waals surface area contributed by atoms with E-state index in [0.717, 1.165) is 17.0 Å². The molecule has 6 nitrogen and oxygen atoms in total. The monoisotopic (exact) mass is 518 g/mol. The predicted octanol–water partition coefficient (Wildman–Crippen LogP) is 5.77. The Morgan fingerprint density at radius 3 is 2.35 bits per heavy atom. The van der Waals surface area contributed by atoms with E-state index in [1.54, 1.807) is 30.3 Å². The number of imide groups is 1. The third kappa shape index (κ3) is 4.08. The van der Waals surface area contributed by atoms with Crippen LogP contribution in [0, 0.1) is 23.7 Å². The summed E-state index contributed by atoms with van der Waals surface area (Å²) in [5.74, 6) is -0.0159. The standard InChI is InChI=1S/C25H21Cl3N2O4/c1-2-33-20-8-13(7-19(28)23(20)34-12-16-5-6-17(26)10-18(16)27)11-29-30-24(31)21-14-3-4-15(9-14)22(21)25(30)32/h3-8,10-11,14-15,21-22H,2,9,12H2,1H3/t14-,15-,21-,22+/m0/s1. The normalized spacial score (nSPS) is 25.0. The highest BCUT2D eigenvalue weighted by Crippen LogP contribution is 2.52. The molecule has 1 saturated heterocycles. The molecule has 0 unspecified atom stereocenters. The van der Waals surface area contributed by atoms with E-state index in [9.17, 15) is 9.59 Å². The summed E-state index contributed by atoms with van der Waals surface area (Å²) >= 11 is 18.7. The summed E-state index contributed by atoms with van der Waals surface area (Å²) in [6.45, 7) is 2.40. The first-order valence-electron chi connectivity index (χ1n) is 11.0. The van der Waals surface area contributed by atoms with Gasteiger partial charge in [-0.25, -0.2) is 0 Å². The number of rotatable bonds is 7. The molecular formula is C25H21Cl3N2O4. The minimum atomic E-state index is -0.294. The number of fused-ring (bicyclic) bond motifs is 5. The van der Waals surface area contributed by atoms with Gasteiger partial charge in [0.25, 0.3) is 11.8 Å². The van der Waals surface area contributed by atoms with Crippen molar-refractivity contribution in [3.05, 3.63) is 68.7 Å². The first-order valence-corrected chi connectivity index (χ1v) is 12.1. The number of benzene rings is 2. The van der Waals surface area contributed by atoms with Crippen molar-refractivity contribution in [3.63, 3.8) is 0 Å². The fraction of sp³-hybridized carbons (Fsp3) is 0.320. The molecule has 0 aromatic heterocycles.